The summed E-state index contributed by atoms with van der Waals surface area (Å²) in [5.74, 6) is -0.812. The number of methoxy groups -OCH3 is 4. The molecule has 0 aliphatic heterocycles. The standard InChI is InChI=1S/C22H18O10/c1-27-13-5-11-9(7-15(23)31-19(11)21(29-3)17(13)25)10-8-16(24)32-20-12(10)6-14(28-2)18(26)22(20)30-4/h5-8,25-26H,1-4H3. The minimum Gasteiger partial charge on any atom is -0.502 e. The van der Waals surface area contributed by atoms with Crippen molar-refractivity contribution in [3.63, 3.8) is 0 Å². The molecule has 2 heterocycles. The summed E-state index contributed by atoms with van der Waals surface area (Å²) in [6, 6.07) is 5.25. The predicted octanol–water partition coefficient (Wildman–Crippen LogP) is 3.01. The van der Waals surface area contributed by atoms with Crippen molar-refractivity contribution in [2.75, 3.05) is 28.4 Å². The van der Waals surface area contributed by atoms with Gasteiger partial charge in [-0.25, -0.2) is 9.59 Å². The SMILES string of the molecule is COc1cc2c(-c3cc(=O)oc4c(OC)c(O)c(OC)cc34)cc(=O)oc2c(OC)c1O. The molecule has 2 N–H and O–H groups in total. The average Bonchev–Trinajstić information content (AvgIpc) is 2.77. The number of phenols is 2. The molecule has 0 saturated carbocycles. The molecule has 0 aliphatic carbocycles. The highest BCUT2D eigenvalue weighted by Gasteiger charge is 2.24. The fourth-order valence-electron chi connectivity index (χ4n) is 3.60. The van der Waals surface area contributed by atoms with Crippen LogP contribution in [-0.4, -0.2) is 38.7 Å². The van der Waals surface area contributed by atoms with Crippen molar-refractivity contribution in [1.29, 1.82) is 0 Å². The maximum atomic E-state index is 12.4. The first kappa shape index (κ1) is 20.9. The van der Waals surface area contributed by atoms with Crippen LogP contribution in [0.3, 0.4) is 0 Å². The number of aromatic hydroxyl groups is 2. The van der Waals surface area contributed by atoms with E-state index in [-0.39, 0.29) is 56.8 Å². The van der Waals surface area contributed by atoms with E-state index in [1.165, 1.54) is 52.7 Å². The summed E-state index contributed by atoms with van der Waals surface area (Å²) in [5, 5.41) is 21.4. The Labute approximate surface area is 179 Å². The van der Waals surface area contributed by atoms with E-state index in [9.17, 15) is 19.8 Å². The van der Waals surface area contributed by atoms with Gasteiger partial charge in [0.2, 0.25) is 23.0 Å². The van der Waals surface area contributed by atoms with E-state index in [1.54, 1.807) is 0 Å². The quantitative estimate of drug-likeness (QED) is 0.444. The monoisotopic (exact) mass is 442 g/mol. The van der Waals surface area contributed by atoms with Gasteiger partial charge < -0.3 is 38.0 Å². The molecule has 0 aliphatic rings. The fourth-order valence-corrected chi connectivity index (χ4v) is 3.60. The molecule has 4 rings (SSSR count). The van der Waals surface area contributed by atoms with Crippen LogP contribution in [0.2, 0.25) is 0 Å². The molecular weight excluding hydrogens is 424 g/mol. The van der Waals surface area contributed by atoms with Crippen molar-refractivity contribution < 1.29 is 38.0 Å². The molecule has 0 spiro atoms. The normalized spacial score (nSPS) is 11.0. The highest BCUT2D eigenvalue weighted by Crippen LogP contribution is 2.48. The molecule has 10 nitrogen and oxygen atoms in total. The number of rotatable bonds is 5. The van der Waals surface area contributed by atoms with Crippen molar-refractivity contribution in [2.45, 2.75) is 0 Å². The molecule has 0 unspecified atom stereocenters. The first-order chi connectivity index (χ1) is 15.3. The molecule has 0 radical (unpaired) electrons. The lowest BCUT2D eigenvalue weighted by atomic mass is 9.98. The van der Waals surface area contributed by atoms with Crippen LogP contribution < -0.4 is 30.2 Å². The Morgan fingerprint density at radius 1 is 0.625 bits per heavy atom. The largest absolute Gasteiger partial charge is 0.502 e. The second-order valence-electron chi connectivity index (χ2n) is 6.63. The minimum absolute atomic E-state index is 0.0487. The van der Waals surface area contributed by atoms with Crippen molar-refractivity contribution in [1.82, 2.24) is 0 Å². The first-order valence-electron chi connectivity index (χ1n) is 9.18. The summed E-state index contributed by atoms with van der Waals surface area (Å²) in [4.78, 5) is 24.8. The van der Waals surface area contributed by atoms with E-state index in [2.05, 4.69) is 0 Å². The van der Waals surface area contributed by atoms with Gasteiger partial charge in [0, 0.05) is 34.0 Å². The Kier molecular flexibility index (Phi) is 5.05. The Morgan fingerprint density at radius 2 is 1.00 bits per heavy atom. The van der Waals surface area contributed by atoms with Crippen LogP contribution in [0.25, 0.3) is 33.1 Å². The molecule has 0 saturated heterocycles. The Hall–Kier alpha value is -4.34. The summed E-state index contributed by atoms with van der Waals surface area (Å²) < 4.78 is 31.5. The van der Waals surface area contributed by atoms with E-state index in [4.69, 9.17) is 27.8 Å². The van der Waals surface area contributed by atoms with Gasteiger partial charge >= 0.3 is 11.3 Å². The molecule has 2 aromatic heterocycles. The molecule has 4 aromatic rings. The summed E-state index contributed by atoms with van der Waals surface area (Å²) in [5.41, 5.74) is -1.08. The maximum absolute atomic E-state index is 12.4. The van der Waals surface area contributed by atoms with Crippen LogP contribution in [0.4, 0.5) is 0 Å². The van der Waals surface area contributed by atoms with E-state index in [0.29, 0.717) is 10.8 Å². The Morgan fingerprint density at radius 3 is 1.31 bits per heavy atom. The zero-order valence-electron chi connectivity index (χ0n) is 17.5. The predicted molar refractivity (Wildman–Crippen MR) is 113 cm³/mol. The number of phenolic OH excluding ortho intramolecular Hbond substituents is 2. The third-order valence-electron chi connectivity index (χ3n) is 5.00. The van der Waals surface area contributed by atoms with Crippen LogP contribution in [0.5, 0.6) is 34.5 Å². The van der Waals surface area contributed by atoms with E-state index in [0.717, 1.165) is 0 Å². The molecule has 10 heteroatoms. The van der Waals surface area contributed by atoms with Gasteiger partial charge in [-0.3, -0.25) is 0 Å². The van der Waals surface area contributed by atoms with E-state index >= 15 is 0 Å². The number of ether oxygens (including phenoxy) is 4. The van der Waals surface area contributed by atoms with Crippen LogP contribution in [0.15, 0.2) is 42.7 Å². The molecule has 0 fully saturated rings. The molecular formula is C22H18O10. The second-order valence-corrected chi connectivity index (χ2v) is 6.63. The third kappa shape index (κ3) is 3.04. The van der Waals surface area contributed by atoms with Gasteiger partial charge in [0.1, 0.15) is 0 Å². The van der Waals surface area contributed by atoms with Gasteiger partial charge in [0.15, 0.2) is 22.7 Å². The third-order valence-corrected chi connectivity index (χ3v) is 5.00. The van der Waals surface area contributed by atoms with Crippen molar-refractivity contribution in [3.05, 3.63) is 45.1 Å². The molecule has 32 heavy (non-hydrogen) atoms. The van der Waals surface area contributed by atoms with Gasteiger partial charge in [0.25, 0.3) is 0 Å². The summed E-state index contributed by atoms with van der Waals surface area (Å²) in [6.45, 7) is 0. The van der Waals surface area contributed by atoms with Gasteiger partial charge in [-0.1, -0.05) is 0 Å². The topological polar surface area (TPSA) is 138 Å². The average molecular weight is 442 g/mol. The van der Waals surface area contributed by atoms with Gasteiger partial charge in [-0.15, -0.1) is 0 Å². The molecule has 2 aromatic carbocycles. The van der Waals surface area contributed by atoms with Crippen molar-refractivity contribution in [2.24, 2.45) is 0 Å². The molecule has 0 amide bonds. The van der Waals surface area contributed by atoms with Gasteiger partial charge in [0.05, 0.1) is 28.4 Å². The lowest BCUT2D eigenvalue weighted by Gasteiger charge is -2.15. The Bertz CT molecular complexity index is 1370. The fraction of sp³-hybridized carbons (Fsp3) is 0.182. The number of hydrogen-bond donors (Lipinski definition) is 2. The van der Waals surface area contributed by atoms with Crippen LogP contribution >= 0.6 is 0 Å². The van der Waals surface area contributed by atoms with Crippen molar-refractivity contribution >= 4 is 21.9 Å². The zero-order chi connectivity index (χ0) is 23.2. The minimum atomic E-state index is -0.755. The van der Waals surface area contributed by atoms with Crippen molar-refractivity contribution in [3.8, 4) is 45.6 Å². The highest BCUT2D eigenvalue weighted by atomic mass is 16.5. The molecule has 166 valence electrons. The second kappa shape index (κ2) is 7.73. The molecule has 0 atom stereocenters. The van der Waals surface area contributed by atoms with Crippen LogP contribution in [0.1, 0.15) is 0 Å². The lowest BCUT2D eigenvalue weighted by Crippen LogP contribution is -2.04. The van der Waals surface area contributed by atoms with Crippen LogP contribution in [-0.2, 0) is 0 Å². The smallest absolute Gasteiger partial charge is 0.336 e. The lowest BCUT2D eigenvalue weighted by molar-refractivity contribution is 0.338. The zero-order valence-corrected chi connectivity index (χ0v) is 17.5. The summed E-state index contributed by atoms with van der Waals surface area (Å²) in [6.07, 6.45) is 0. The van der Waals surface area contributed by atoms with E-state index < -0.39 is 11.3 Å². The maximum Gasteiger partial charge on any atom is 0.336 e. The number of benzene rings is 2. The highest BCUT2D eigenvalue weighted by molar-refractivity contribution is 6.06. The number of fused-ring (bicyclic) bond motifs is 2. The van der Waals surface area contributed by atoms with Gasteiger partial charge in [-0.05, 0) is 12.1 Å². The first-order valence-corrected chi connectivity index (χ1v) is 9.18. The Balaban J connectivity index is 2.24. The van der Waals surface area contributed by atoms with Gasteiger partial charge in [-0.2, -0.15) is 0 Å². The van der Waals surface area contributed by atoms with Crippen LogP contribution in [0, 0.1) is 0 Å². The van der Waals surface area contributed by atoms with E-state index in [1.807, 2.05) is 0 Å². The summed E-state index contributed by atoms with van der Waals surface area (Å²) in [7, 11) is 5.30. The molecule has 0 bridgehead atoms. The number of hydrogen-bond acceptors (Lipinski definition) is 10. The summed E-state index contributed by atoms with van der Waals surface area (Å²) >= 11 is 0.